The fourth-order valence-corrected chi connectivity index (χ4v) is 3.51. The van der Waals surface area contributed by atoms with Crippen LogP contribution >= 0.6 is 7.82 Å². The molecule has 3 N–H and O–H groups in total. The number of hydrogen-bond acceptors (Lipinski definition) is 7. The third kappa shape index (κ3) is 5.11. The second-order valence-corrected chi connectivity index (χ2v) is 8.24. The van der Waals surface area contributed by atoms with Gasteiger partial charge in [-0.2, -0.15) is 5.10 Å². The molecule has 0 saturated carbocycles. The average Bonchev–Trinajstić information content (AvgIpc) is 3.31. The van der Waals surface area contributed by atoms with Gasteiger partial charge in [-0.05, 0) is 30.3 Å². The number of carbonyl (C=O) groups is 1. The largest absolute Gasteiger partial charge is 0.469 e. The predicted molar refractivity (Wildman–Crippen MR) is 112 cm³/mol. The molecule has 1 aromatic carbocycles. The number of nitrogens with one attached hydrogen (secondary N) is 1. The van der Waals surface area contributed by atoms with E-state index in [2.05, 4.69) is 19.9 Å². The maximum absolute atomic E-state index is 14.8. The van der Waals surface area contributed by atoms with Gasteiger partial charge in [0.15, 0.2) is 5.82 Å². The van der Waals surface area contributed by atoms with Crippen molar-refractivity contribution >= 4 is 31.2 Å². The molecule has 0 bridgehead atoms. The van der Waals surface area contributed by atoms with Crippen molar-refractivity contribution in [2.24, 2.45) is 7.05 Å². The number of aryl methyl sites for hydroxylation is 1. The number of nitrogens with zero attached hydrogens (tertiary/aromatic N) is 4. The van der Waals surface area contributed by atoms with Gasteiger partial charge in [0.2, 0.25) is 0 Å². The zero-order valence-electron chi connectivity index (χ0n) is 16.8. The van der Waals surface area contributed by atoms with Gasteiger partial charge in [-0.15, -0.1) is 0 Å². The van der Waals surface area contributed by atoms with Crippen molar-refractivity contribution in [3.05, 3.63) is 54.6 Å². The molecule has 11 nitrogen and oxygen atoms in total. The number of anilines is 3. The second kappa shape index (κ2) is 8.67. The van der Waals surface area contributed by atoms with Crippen LogP contribution in [0.2, 0.25) is 0 Å². The van der Waals surface area contributed by atoms with Crippen molar-refractivity contribution in [3.63, 3.8) is 0 Å². The van der Waals surface area contributed by atoms with Gasteiger partial charge in [-0.3, -0.25) is 14.1 Å². The van der Waals surface area contributed by atoms with Gasteiger partial charge >= 0.3 is 13.9 Å². The summed E-state index contributed by atoms with van der Waals surface area (Å²) in [5.74, 6) is 0.607. The highest BCUT2D eigenvalue weighted by Crippen LogP contribution is 2.37. The maximum atomic E-state index is 14.8. The van der Waals surface area contributed by atoms with Crippen LogP contribution < -0.4 is 10.2 Å². The number of rotatable bonds is 7. The zero-order valence-corrected chi connectivity index (χ0v) is 17.6. The fraction of sp³-hybridized carbons (Fsp3) is 0.211. The van der Waals surface area contributed by atoms with Crippen LogP contribution in [0.5, 0.6) is 0 Å². The van der Waals surface area contributed by atoms with Crippen LogP contribution in [-0.4, -0.2) is 49.9 Å². The minimum Gasteiger partial charge on any atom is -0.441 e. The number of amides is 1. The van der Waals surface area contributed by atoms with Gasteiger partial charge in [-0.25, -0.2) is 18.7 Å². The third-order valence-corrected chi connectivity index (χ3v) is 5.10. The molecule has 0 radical (unpaired) electrons. The molecular weight excluding hydrogens is 444 g/mol. The number of benzene rings is 1. The summed E-state index contributed by atoms with van der Waals surface area (Å²) in [6, 6.07) is 9.44. The molecule has 4 rings (SSSR count). The first kappa shape index (κ1) is 21.9. The Morgan fingerprint density at radius 1 is 1.28 bits per heavy atom. The van der Waals surface area contributed by atoms with E-state index in [4.69, 9.17) is 14.5 Å². The SMILES string of the molecule is Cn1ccc(Nc2ccc(-c3ccc(N4C[C@H](COP(=O)(O)O)OC4=O)cc3F)cn2)n1. The average molecular weight is 463 g/mol. The number of pyridine rings is 1. The summed E-state index contributed by atoms with van der Waals surface area (Å²) in [7, 11) is -2.89. The van der Waals surface area contributed by atoms with Crippen molar-refractivity contribution < 1.29 is 32.8 Å². The Balaban J connectivity index is 1.45. The number of hydrogen-bond donors (Lipinski definition) is 3. The first-order valence-corrected chi connectivity index (χ1v) is 10.9. The third-order valence-electron chi connectivity index (χ3n) is 4.61. The van der Waals surface area contributed by atoms with Crippen molar-refractivity contribution in [2.45, 2.75) is 6.10 Å². The first-order chi connectivity index (χ1) is 15.2. The minimum absolute atomic E-state index is 0.0347. The van der Waals surface area contributed by atoms with Crippen molar-refractivity contribution in [1.82, 2.24) is 14.8 Å². The molecule has 0 aliphatic carbocycles. The lowest BCUT2D eigenvalue weighted by atomic mass is 10.1. The minimum atomic E-state index is -4.69. The molecule has 1 amide bonds. The molecular formula is C19H19FN5O6P. The molecule has 13 heteroatoms. The summed E-state index contributed by atoms with van der Waals surface area (Å²) >= 11 is 0. The van der Waals surface area contributed by atoms with Gasteiger partial charge in [0.05, 0.1) is 18.8 Å². The Hall–Kier alpha value is -3.31. The highest BCUT2D eigenvalue weighted by molar-refractivity contribution is 7.46. The monoisotopic (exact) mass is 463 g/mol. The highest BCUT2D eigenvalue weighted by atomic mass is 31.2. The summed E-state index contributed by atoms with van der Waals surface area (Å²) in [5.41, 5.74) is 1.08. The normalized spacial score (nSPS) is 16.3. The van der Waals surface area contributed by atoms with Crippen LogP contribution in [0.4, 0.5) is 26.5 Å². The van der Waals surface area contributed by atoms with E-state index in [1.165, 1.54) is 23.2 Å². The summed E-state index contributed by atoms with van der Waals surface area (Å²) in [6.07, 6.45) is 1.66. The number of aromatic nitrogens is 3. The van der Waals surface area contributed by atoms with Crippen molar-refractivity contribution in [1.29, 1.82) is 0 Å². The summed E-state index contributed by atoms with van der Waals surface area (Å²) < 4.78 is 36.6. The van der Waals surface area contributed by atoms with E-state index in [0.717, 1.165) is 0 Å². The lowest BCUT2D eigenvalue weighted by molar-refractivity contribution is 0.0880. The number of phosphoric acid groups is 1. The molecule has 32 heavy (non-hydrogen) atoms. The fourth-order valence-electron chi connectivity index (χ4n) is 3.15. The smallest absolute Gasteiger partial charge is 0.441 e. The van der Waals surface area contributed by atoms with E-state index in [1.807, 2.05) is 0 Å². The van der Waals surface area contributed by atoms with Crippen LogP contribution in [0.1, 0.15) is 0 Å². The van der Waals surface area contributed by atoms with E-state index in [0.29, 0.717) is 22.8 Å². The summed E-state index contributed by atoms with van der Waals surface area (Å²) in [6.45, 7) is -0.509. The van der Waals surface area contributed by atoms with Crippen LogP contribution in [0.25, 0.3) is 11.1 Å². The van der Waals surface area contributed by atoms with Gasteiger partial charge in [0.25, 0.3) is 0 Å². The number of ether oxygens (including phenoxy) is 1. The second-order valence-electron chi connectivity index (χ2n) is 7.00. The molecule has 3 heterocycles. The van der Waals surface area contributed by atoms with Crippen LogP contribution in [0.3, 0.4) is 0 Å². The number of halogens is 1. The molecule has 2 aromatic heterocycles. The van der Waals surface area contributed by atoms with E-state index < -0.39 is 32.4 Å². The Bertz CT molecular complexity index is 1180. The van der Waals surface area contributed by atoms with Gasteiger partial charge < -0.3 is 19.8 Å². The molecule has 168 valence electrons. The quantitative estimate of drug-likeness (QED) is 0.451. The number of carbonyl (C=O) groups excluding carboxylic acids is 1. The maximum Gasteiger partial charge on any atom is 0.469 e. The number of cyclic esters (lactones) is 1. The van der Waals surface area contributed by atoms with E-state index in [-0.39, 0.29) is 12.2 Å². The van der Waals surface area contributed by atoms with Gasteiger partial charge in [-0.1, -0.05) is 0 Å². The molecule has 3 aromatic rings. The standard InChI is InChI=1S/C19H19FN5O6P/c1-24-7-6-18(23-24)22-17-5-2-12(9-21-17)15-4-3-13(8-16(15)20)25-10-14(31-19(25)26)11-30-32(27,28)29/h2-9,14H,10-11H2,1H3,(H,21,22,23)(H2,27,28,29)/t14-/m1/s1. The molecule has 1 fully saturated rings. The Morgan fingerprint density at radius 2 is 2.09 bits per heavy atom. The van der Waals surface area contributed by atoms with Gasteiger partial charge in [0.1, 0.15) is 17.7 Å². The number of phosphoric ester groups is 1. The molecule has 1 atom stereocenters. The molecule has 1 aliphatic heterocycles. The Labute approximate surface area is 181 Å². The van der Waals surface area contributed by atoms with Crippen LogP contribution in [-0.2, 0) is 20.9 Å². The lowest BCUT2D eigenvalue weighted by Gasteiger charge is -2.14. The van der Waals surface area contributed by atoms with Gasteiger partial charge in [0, 0.05) is 36.6 Å². The van der Waals surface area contributed by atoms with E-state index in [1.54, 1.807) is 42.2 Å². The summed E-state index contributed by atoms with van der Waals surface area (Å²) in [5, 5.41) is 7.24. The Kier molecular flexibility index (Phi) is 5.94. The topological polar surface area (TPSA) is 139 Å². The molecule has 1 saturated heterocycles. The van der Waals surface area contributed by atoms with Crippen LogP contribution in [0.15, 0.2) is 48.8 Å². The van der Waals surface area contributed by atoms with Crippen molar-refractivity contribution in [2.75, 3.05) is 23.4 Å². The zero-order chi connectivity index (χ0) is 22.9. The molecule has 1 aliphatic rings. The molecule has 0 unspecified atom stereocenters. The Morgan fingerprint density at radius 3 is 2.72 bits per heavy atom. The van der Waals surface area contributed by atoms with E-state index >= 15 is 0 Å². The first-order valence-electron chi connectivity index (χ1n) is 9.39. The van der Waals surface area contributed by atoms with Crippen molar-refractivity contribution in [3.8, 4) is 11.1 Å². The highest BCUT2D eigenvalue weighted by Gasteiger charge is 2.34. The predicted octanol–water partition coefficient (Wildman–Crippen LogP) is 2.80. The van der Waals surface area contributed by atoms with Crippen LogP contribution in [0, 0.1) is 5.82 Å². The summed E-state index contributed by atoms with van der Waals surface area (Å²) in [4.78, 5) is 35.0. The van der Waals surface area contributed by atoms with E-state index in [9.17, 15) is 13.8 Å². The lowest BCUT2D eigenvalue weighted by Crippen LogP contribution is -2.25. The molecule has 0 spiro atoms.